The summed E-state index contributed by atoms with van der Waals surface area (Å²) in [5.74, 6) is 0.176. The van der Waals surface area contributed by atoms with Gasteiger partial charge in [-0.05, 0) is 24.1 Å². The fourth-order valence-electron chi connectivity index (χ4n) is 1.90. The Labute approximate surface area is 109 Å². The molecule has 1 atom stereocenters. The van der Waals surface area contributed by atoms with E-state index in [4.69, 9.17) is 11.6 Å². The van der Waals surface area contributed by atoms with E-state index in [-0.39, 0.29) is 11.3 Å². The van der Waals surface area contributed by atoms with Crippen molar-refractivity contribution in [2.75, 3.05) is 13.1 Å². The minimum absolute atomic E-state index is 0.00462. The molecule has 1 unspecified atom stereocenters. The van der Waals surface area contributed by atoms with E-state index in [1.54, 1.807) is 0 Å². The molecule has 1 saturated heterocycles. The van der Waals surface area contributed by atoms with Crippen LogP contribution in [0.3, 0.4) is 0 Å². The number of halogens is 2. The summed E-state index contributed by atoms with van der Waals surface area (Å²) in [5, 5.41) is -0.00462. The number of alkyl halides is 1. The number of rotatable bonds is 3. The molecule has 4 heteroatoms. The lowest BCUT2D eigenvalue weighted by molar-refractivity contribution is -0.127. The fourth-order valence-corrected chi connectivity index (χ4v) is 2.64. The van der Waals surface area contributed by atoms with E-state index < -0.39 is 0 Å². The van der Waals surface area contributed by atoms with Crippen LogP contribution in [0.15, 0.2) is 28.7 Å². The Morgan fingerprint density at radius 1 is 1.50 bits per heavy atom. The first kappa shape index (κ1) is 11.9. The highest BCUT2D eigenvalue weighted by Crippen LogP contribution is 2.17. The monoisotopic (exact) mass is 301 g/mol. The molecule has 0 saturated carbocycles. The highest BCUT2D eigenvalue weighted by molar-refractivity contribution is 9.10. The molecule has 1 heterocycles. The minimum Gasteiger partial charge on any atom is -0.341 e. The molecule has 0 bridgehead atoms. The Hall–Kier alpha value is -0.540. The highest BCUT2D eigenvalue weighted by Gasteiger charge is 2.27. The van der Waals surface area contributed by atoms with Gasteiger partial charge in [-0.3, -0.25) is 4.79 Å². The summed E-state index contributed by atoms with van der Waals surface area (Å²) < 4.78 is 1.08. The van der Waals surface area contributed by atoms with Crippen LogP contribution in [0.4, 0.5) is 0 Å². The topological polar surface area (TPSA) is 20.3 Å². The van der Waals surface area contributed by atoms with Crippen molar-refractivity contribution in [3.05, 3.63) is 34.3 Å². The third-order valence-corrected chi connectivity index (χ3v) is 3.51. The first-order valence-corrected chi connectivity index (χ1v) is 6.54. The van der Waals surface area contributed by atoms with Crippen LogP contribution < -0.4 is 0 Å². The number of amides is 1. The molecular weight excluding hydrogens is 289 g/mol. The number of carbonyl (C=O) groups is 1. The molecular formula is C12H13BrClNO. The van der Waals surface area contributed by atoms with Gasteiger partial charge >= 0.3 is 0 Å². The van der Waals surface area contributed by atoms with Crippen molar-refractivity contribution in [2.45, 2.75) is 18.2 Å². The number of hydrogen-bond acceptors (Lipinski definition) is 1. The predicted molar refractivity (Wildman–Crippen MR) is 68.7 cm³/mol. The normalized spacial score (nSPS) is 20.5. The predicted octanol–water partition coefficient (Wildman–Crippen LogP) is 2.83. The standard InChI is InChI=1S/C12H13BrClNO/c13-10-3-1-2-9(6-10)4-5-15-8-11(14)7-12(15)16/h1-3,6,11H,4-5,7-8H2. The molecule has 0 aliphatic carbocycles. The molecule has 1 aliphatic heterocycles. The summed E-state index contributed by atoms with van der Waals surface area (Å²) in [4.78, 5) is 13.4. The third kappa shape index (κ3) is 2.98. The SMILES string of the molecule is O=C1CC(Cl)CN1CCc1cccc(Br)c1. The fraction of sp³-hybridized carbons (Fsp3) is 0.417. The molecule has 1 aliphatic rings. The summed E-state index contributed by atoms with van der Waals surface area (Å²) in [6, 6.07) is 8.16. The number of hydrogen-bond donors (Lipinski definition) is 0. The summed E-state index contributed by atoms with van der Waals surface area (Å²) in [5.41, 5.74) is 1.24. The third-order valence-electron chi connectivity index (χ3n) is 2.73. The second-order valence-electron chi connectivity index (χ2n) is 4.02. The van der Waals surface area contributed by atoms with E-state index >= 15 is 0 Å². The van der Waals surface area contributed by atoms with Crippen LogP contribution in [-0.4, -0.2) is 29.3 Å². The number of benzene rings is 1. The van der Waals surface area contributed by atoms with Gasteiger partial charge in [0.2, 0.25) is 5.91 Å². The van der Waals surface area contributed by atoms with Gasteiger partial charge in [-0.25, -0.2) is 0 Å². The van der Waals surface area contributed by atoms with Crippen molar-refractivity contribution in [3.8, 4) is 0 Å². The maximum absolute atomic E-state index is 11.5. The van der Waals surface area contributed by atoms with Crippen molar-refractivity contribution in [2.24, 2.45) is 0 Å². The zero-order valence-electron chi connectivity index (χ0n) is 8.83. The van der Waals surface area contributed by atoms with Gasteiger partial charge in [-0.1, -0.05) is 28.1 Å². The number of nitrogens with zero attached hydrogens (tertiary/aromatic N) is 1. The molecule has 0 aromatic heterocycles. The van der Waals surface area contributed by atoms with E-state index in [2.05, 4.69) is 28.1 Å². The Bertz CT molecular complexity index is 396. The Balaban J connectivity index is 1.90. The Morgan fingerprint density at radius 3 is 2.94 bits per heavy atom. The van der Waals surface area contributed by atoms with E-state index in [1.165, 1.54) is 5.56 Å². The minimum atomic E-state index is -0.00462. The first-order chi connectivity index (χ1) is 7.65. The van der Waals surface area contributed by atoms with Crippen molar-refractivity contribution in [1.29, 1.82) is 0 Å². The Kier molecular flexibility index (Phi) is 3.87. The average Bonchev–Trinajstić information content (AvgIpc) is 2.54. The lowest BCUT2D eigenvalue weighted by Gasteiger charge is -2.15. The van der Waals surface area contributed by atoms with Gasteiger partial charge in [0.25, 0.3) is 0 Å². The van der Waals surface area contributed by atoms with Crippen LogP contribution in [0.25, 0.3) is 0 Å². The van der Waals surface area contributed by atoms with E-state index in [1.807, 2.05) is 17.0 Å². The largest absolute Gasteiger partial charge is 0.341 e. The van der Waals surface area contributed by atoms with Crippen LogP contribution in [0.1, 0.15) is 12.0 Å². The molecule has 1 amide bonds. The van der Waals surface area contributed by atoms with Gasteiger partial charge < -0.3 is 4.90 Å². The van der Waals surface area contributed by atoms with Crippen molar-refractivity contribution >= 4 is 33.4 Å². The zero-order valence-corrected chi connectivity index (χ0v) is 11.2. The number of carbonyl (C=O) groups excluding carboxylic acids is 1. The van der Waals surface area contributed by atoms with E-state index in [9.17, 15) is 4.79 Å². The second-order valence-corrected chi connectivity index (χ2v) is 5.55. The van der Waals surface area contributed by atoms with Gasteiger partial charge in [0, 0.05) is 24.0 Å². The highest BCUT2D eigenvalue weighted by atomic mass is 79.9. The maximum Gasteiger partial charge on any atom is 0.224 e. The molecule has 0 N–H and O–H groups in total. The quantitative estimate of drug-likeness (QED) is 0.786. The van der Waals surface area contributed by atoms with Gasteiger partial charge in [0.1, 0.15) is 0 Å². The van der Waals surface area contributed by atoms with E-state index in [0.29, 0.717) is 13.0 Å². The van der Waals surface area contributed by atoms with Gasteiger partial charge in [-0.15, -0.1) is 11.6 Å². The second kappa shape index (κ2) is 5.19. The molecule has 0 spiro atoms. The summed E-state index contributed by atoms with van der Waals surface area (Å²) in [6.07, 6.45) is 1.37. The van der Waals surface area contributed by atoms with Crippen molar-refractivity contribution in [3.63, 3.8) is 0 Å². The lowest BCUT2D eigenvalue weighted by atomic mass is 10.1. The average molecular weight is 303 g/mol. The van der Waals surface area contributed by atoms with Crippen LogP contribution >= 0.6 is 27.5 Å². The first-order valence-electron chi connectivity index (χ1n) is 5.31. The summed E-state index contributed by atoms with van der Waals surface area (Å²) in [7, 11) is 0. The van der Waals surface area contributed by atoms with Gasteiger partial charge in [-0.2, -0.15) is 0 Å². The van der Waals surface area contributed by atoms with Crippen molar-refractivity contribution < 1.29 is 4.79 Å². The molecule has 16 heavy (non-hydrogen) atoms. The molecule has 2 nitrogen and oxygen atoms in total. The molecule has 1 fully saturated rings. The smallest absolute Gasteiger partial charge is 0.224 e. The molecule has 1 aromatic rings. The lowest BCUT2D eigenvalue weighted by Crippen LogP contribution is -2.27. The van der Waals surface area contributed by atoms with Crippen molar-refractivity contribution in [1.82, 2.24) is 4.90 Å². The molecule has 2 rings (SSSR count). The van der Waals surface area contributed by atoms with Crippen LogP contribution in [-0.2, 0) is 11.2 Å². The number of likely N-dealkylation sites (tertiary alicyclic amines) is 1. The maximum atomic E-state index is 11.5. The summed E-state index contributed by atoms with van der Waals surface area (Å²) in [6.45, 7) is 1.45. The van der Waals surface area contributed by atoms with Crippen LogP contribution in [0.5, 0.6) is 0 Å². The molecule has 1 aromatic carbocycles. The van der Waals surface area contributed by atoms with Crippen LogP contribution in [0, 0.1) is 0 Å². The van der Waals surface area contributed by atoms with Gasteiger partial charge in [0.05, 0.1) is 5.38 Å². The molecule has 86 valence electrons. The van der Waals surface area contributed by atoms with Crippen LogP contribution in [0.2, 0.25) is 0 Å². The zero-order chi connectivity index (χ0) is 11.5. The van der Waals surface area contributed by atoms with E-state index in [0.717, 1.165) is 17.4 Å². The van der Waals surface area contributed by atoms with Gasteiger partial charge in [0.15, 0.2) is 0 Å². The summed E-state index contributed by atoms with van der Waals surface area (Å²) >= 11 is 9.37. The Morgan fingerprint density at radius 2 is 2.31 bits per heavy atom. The molecule has 0 radical (unpaired) electrons.